The third-order valence-corrected chi connectivity index (χ3v) is 3.23. The van der Waals surface area contributed by atoms with Crippen LogP contribution in [0.3, 0.4) is 0 Å². The van der Waals surface area contributed by atoms with E-state index in [9.17, 15) is 9.59 Å². The van der Waals surface area contributed by atoms with Crippen molar-refractivity contribution in [2.24, 2.45) is 7.05 Å². The Morgan fingerprint density at radius 3 is 2.90 bits per heavy atom. The zero-order valence-electron chi connectivity index (χ0n) is 10.8. The molecular formula is C11H12BrN5O3. The standard InChI is InChI=1S/C11H12BrN5O3/c1-16-4-3-8(15-16)14-7-5-13-17(6-9(18)20-2)11(19)10(7)12/h3-5H,6H2,1-2H3,(H,14,15). The van der Waals surface area contributed by atoms with E-state index < -0.39 is 11.5 Å². The summed E-state index contributed by atoms with van der Waals surface area (Å²) in [6, 6.07) is 1.76. The van der Waals surface area contributed by atoms with E-state index in [1.807, 2.05) is 0 Å². The van der Waals surface area contributed by atoms with Crippen molar-refractivity contribution in [2.45, 2.75) is 6.54 Å². The number of rotatable bonds is 4. The molecule has 0 radical (unpaired) electrons. The average molecular weight is 342 g/mol. The van der Waals surface area contributed by atoms with Crippen LogP contribution in [0.25, 0.3) is 0 Å². The number of hydrogen-bond acceptors (Lipinski definition) is 6. The predicted molar refractivity (Wildman–Crippen MR) is 74.7 cm³/mol. The van der Waals surface area contributed by atoms with Gasteiger partial charge >= 0.3 is 5.97 Å². The number of carbonyl (C=O) groups excluding carboxylic acids is 1. The van der Waals surface area contributed by atoms with E-state index in [1.165, 1.54) is 13.3 Å². The molecule has 0 aliphatic heterocycles. The van der Waals surface area contributed by atoms with Crippen molar-refractivity contribution in [3.63, 3.8) is 0 Å². The first-order valence-corrected chi connectivity index (χ1v) is 6.39. The normalized spacial score (nSPS) is 10.3. The molecule has 20 heavy (non-hydrogen) atoms. The summed E-state index contributed by atoms with van der Waals surface area (Å²) >= 11 is 3.18. The van der Waals surface area contributed by atoms with Gasteiger partial charge in [-0.3, -0.25) is 14.3 Å². The van der Waals surface area contributed by atoms with E-state index in [0.717, 1.165) is 4.68 Å². The number of halogens is 1. The Kier molecular flexibility index (Phi) is 4.18. The Morgan fingerprint density at radius 1 is 1.55 bits per heavy atom. The molecule has 0 amide bonds. The van der Waals surface area contributed by atoms with Gasteiger partial charge in [0.2, 0.25) is 0 Å². The fourth-order valence-electron chi connectivity index (χ4n) is 1.47. The summed E-state index contributed by atoms with van der Waals surface area (Å²) < 4.78 is 7.40. The lowest BCUT2D eigenvalue weighted by Crippen LogP contribution is -2.28. The molecule has 0 unspecified atom stereocenters. The Morgan fingerprint density at radius 2 is 2.30 bits per heavy atom. The van der Waals surface area contributed by atoms with Crippen molar-refractivity contribution in [3.05, 3.63) is 33.3 Å². The molecule has 106 valence electrons. The lowest BCUT2D eigenvalue weighted by molar-refractivity contribution is -0.141. The summed E-state index contributed by atoms with van der Waals surface area (Å²) in [5.41, 5.74) is 0.0335. The van der Waals surface area contributed by atoms with Gasteiger partial charge in [0.05, 0.1) is 19.0 Å². The smallest absolute Gasteiger partial charge is 0.327 e. The monoisotopic (exact) mass is 341 g/mol. The van der Waals surface area contributed by atoms with Crippen LogP contribution >= 0.6 is 15.9 Å². The third-order valence-electron chi connectivity index (χ3n) is 2.47. The fraction of sp³-hybridized carbons (Fsp3) is 0.273. The number of anilines is 2. The van der Waals surface area contributed by atoms with Crippen molar-refractivity contribution in [2.75, 3.05) is 12.4 Å². The highest BCUT2D eigenvalue weighted by molar-refractivity contribution is 9.10. The van der Waals surface area contributed by atoms with Gasteiger partial charge in [-0.25, -0.2) is 4.68 Å². The van der Waals surface area contributed by atoms with Crippen LogP contribution in [0.5, 0.6) is 0 Å². The van der Waals surface area contributed by atoms with Gasteiger partial charge in [-0.15, -0.1) is 0 Å². The van der Waals surface area contributed by atoms with Gasteiger partial charge < -0.3 is 10.1 Å². The molecule has 0 bridgehead atoms. The van der Waals surface area contributed by atoms with Crippen molar-refractivity contribution in [1.82, 2.24) is 19.6 Å². The Labute approximate surface area is 122 Å². The van der Waals surface area contributed by atoms with Crippen LogP contribution in [0.4, 0.5) is 11.5 Å². The van der Waals surface area contributed by atoms with E-state index in [-0.39, 0.29) is 11.0 Å². The maximum atomic E-state index is 12.0. The summed E-state index contributed by atoms with van der Waals surface area (Å²) in [5, 5.41) is 11.0. The van der Waals surface area contributed by atoms with Crippen LogP contribution in [0.2, 0.25) is 0 Å². The average Bonchev–Trinajstić information content (AvgIpc) is 2.83. The summed E-state index contributed by atoms with van der Waals surface area (Å²) in [7, 11) is 3.03. The molecule has 2 rings (SSSR count). The van der Waals surface area contributed by atoms with E-state index in [1.54, 1.807) is 24.0 Å². The summed E-state index contributed by atoms with van der Waals surface area (Å²) in [6.07, 6.45) is 3.20. The van der Waals surface area contributed by atoms with Gasteiger partial charge in [0.15, 0.2) is 5.82 Å². The molecule has 0 saturated heterocycles. The summed E-state index contributed by atoms with van der Waals surface area (Å²) in [5.74, 6) is 0.0389. The third kappa shape index (κ3) is 3.05. The number of ether oxygens (including phenoxy) is 1. The number of aromatic nitrogens is 4. The van der Waals surface area contributed by atoms with Gasteiger partial charge in [0.1, 0.15) is 11.0 Å². The molecule has 8 nitrogen and oxygen atoms in total. The van der Waals surface area contributed by atoms with Crippen LogP contribution in [0.1, 0.15) is 0 Å². The largest absolute Gasteiger partial charge is 0.468 e. The molecule has 0 aliphatic carbocycles. The second-order valence-electron chi connectivity index (χ2n) is 3.91. The molecule has 2 aromatic rings. The van der Waals surface area contributed by atoms with Crippen molar-refractivity contribution in [3.8, 4) is 0 Å². The van der Waals surface area contributed by atoms with Gasteiger partial charge in [-0.05, 0) is 15.9 Å². The minimum absolute atomic E-state index is 0.238. The minimum Gasteiger partial charge on any atom is -0.468 e. The van der Waals surface area contributed by atoms with Crippen molar-refractivity contribution in [1.29, 1.82) is 0 Å². The quantitative estimate of drug-likeness (QED) is 0.821. The molecule has 0 saturated carbocycles. The number of esters is 1. The van der Waals surface area contributed by atoms with Gasteiger partial charge in [0, 0.05) is 19.3 Å². The first kappa shape index (κ1) is 14.3. The second-order valence-corrected chi connectivity index (χ2v) is 4.70. The van der Waals surface area contributed by atoms with Gasteiger partial charge in [0.25, 0.3) is 5.56 Å². The molecule has 0 atom stereocenters. The first-order valence-electron chi connectivity index (χ1n) is 5.60. The molecule has 0 aromatic carbocycles. The highest BCUT2D eigenvalue weighted by Gasteiger charge is 2.12. The molecule has 0 aliphatic rings. The molecule has 0 fully saturated rings. The maximum absolute atomic E-state index is 12.0. The minimum atomic E-state index is -0.545. The first-order chi connectivity index (χ1) is 9.51. The van der Waals surface area contributed by atoms with Crippen molar-refractivity contribution < 1.29 is 9.53 Å². The SMILES string of the molecule is COC(=O)Cn1ncc(Nc2ccn(C)n2)c(Br)c1=O. The number of nitrogens with zero attached hydrogens (tertiary/aromatic N) is 4. The summed E-state index contributed by atoms with van der Waals surface area (Å²) in [6.45, 7) is -0.238. The van der Waals surface area contributed by atoms with Gasteiger partial charge in [-0.2, -0.15) is 10.2 Å². The van der Waals surface area contributed by atoms with Crippen LogP contribution < -0.4 is 10.9 Å². The topological polar surface area (TPSA) is 91.0 Å². The number of aryl methyl sites for hydroxylation is 1. The molecule has 2 aromatic heterocycles. The zero-order chi connectivity index (χ0) is 14.7. The highest BCUT2D eigenvalue weighted by Crippen LogP contribution is 2.20. The fourth-order valence-corrected chi connectivity index (χ4v) is 1.88. The molecule has 2 heterocycles. The molecule has 0 spiro atoms. The molecule has 1 N–H and O–H groups in total. The van der Waals surface area contributed by atoms with E-state index >= 15 is 0 Å². The predicted octanol–water partition coefficient (Wildman–Crippen LogP) is 0.656. The zero-order valence-corrected chi connectivity index (χ0v) is 12.4. The van der Waals surface area contributed by atoms with Crippen molar-refractivity contribution >= 4 is 33.4 Å². The second kappa shape index (κ2) is 5.87. The lowest BCUT2D eigenvalue weighted by Gasteiger charge is -2.08. The van der Waals surface area contributed by atoms with E-state index in [4.69, 9.17) is 0 Å². The van der Waals surface area contributed by atoms with E-state index in [2.05, 4.69) is 36.2 Å². The van der Waals surface area contributed by atoms with Gasteiger partial charge in [-0.1, -0.05) is 0 Å². The maximum Gasteiger partial charge on any atom is 0.327 e. The lowest BCUT2D eigenvalue weighted by atomic mass is 10.4. The number of nitrogens with one attached hydrogen (secondary N) is 1. The highest BCUT2D eigenvalue weighted by atomic mass is 79.9. The number of hydrogen-bond donors (Lipinski definition) is 1. The summed E-state index contributed by atoms with van der Waals surface area (Å²) in [4.78, 5) is 23.2. The Hall–Kier alpha value is -2.16. The molecular weight excluding hydrogens is 330 g/mol. The Balaban J connectivity index is 2.26. The van der Waals surface area contributed by atoms with Crippen LogP contribution in [-0.4, -0.2) is 32.6 Å². The van der Waals surface area contributed by atoms with Crippen LogP contribution in [-0.2, 0) is 23.1 Å². The number of carbonyl (C=O) groups is 1. The number of methoxy groups -OCH3 is 1. The van der Waals surface area contributed by atoms with E-state index in [0.29, 0.717) is 11.5 Å². The molecule has 9 heteroatoms. The van der Waals surface area contributed by atoms with Crippen LogP contribution in [0, 0.1) is 0 Å². The van der Waals surface area contributed by atoms with Crippen LogP contribution in [0.15, 0.2) is 27.7 Å². The Bertz CT molecular complexity index is 694.